The largest absolute Gasteiger partial charge is 0.333 e. The highest BCUT2D eigenvalue weighted by atomic mass is 16.2. The van der Waals surface area contributed by atoms with Crippen molar-refractivity contribution >= 4 is 17.6 Å². The molecule has 1 N–H and O–H groups in total. The predicted molar refractivity (Wildman–Crippen MR) is 145 cm³/mol. The minimum atomic E-state index is -0.192. The van der Waals surface area contributed by atoms with Crippen molar-refractivity contribution in [2.45, 2.75) is 92.9 Å². The van der Waals surface area contributed by atoms with E-state index >= 15 is 0 Å². The number of carbonyl (C=O) groups is 2. The van der Waals surface area contributed by atoms with Crippen molar-refractivity contribution in [1.82, 2.24) is 14.7 Å². The first kappa shape index (κ1) is 28.6. The van der Waals surface area contributed by atoms with Crippen molar-refractivity contribution in [2.75, 3.05) is 18.4 Å². The Balaban J connectivity index is 2.30. The summed E-state index contributed by atoms with van der Waals surface area (Å²) >= 11 is 0. The van der Waals surface area contributed by atoms with Gasteiger partial charge in [0.05, 0.1) is 17.9 Å². The standard InChI is InChI=1S/C29H46N4O2/c1-9-11-15-23(10-2)28(35)32(18-17-21(3)4)20-27(34)30-26-19-25(29(6,7)8)31-33(26)24-16-13-12-14-22(24)5/h12-14,16,19,21,23H,9-11,15,17-18,20H2,1-8H3,(H,30,34). The zero-order valence-corrected chi connectivity index (χ0v) is 23.1. The van der Waals surface area contributed by atoms with Gasteiger partial charge in [-0.2, -0.15) is 5.10 Å². The van der Waals surface area contributed by atoms with Gasteiger partial charge in [-0.25, -0.2) is 4.68 Å². The maximum atomic E-state index is 13.4. The van der Waals surface area contributed by atoms with E-state index in [9.17, 15) is 9.59 Å². The number of amides is 2. The van der Waals surface area contributed by atoms with E-state index in [0.717, 1.165) is 49.0 Å². The summed E-state index contributed by atoms with van der Waals surface area (Å²) in [5, 5.41) is 7.91. The van der Waals surface area contributed by atoms with E-state index < -0.39 is 0 Å². The number of para-hydroxylation sites is 1. The van der Waals surface area contributed by atoms with Gasteiger partial charge in [0.1, 0.15) is 5.82 Å². The van der Waals surface area contributed by atoms with Crippen molar-refractivity contribution in [3.8, 4) is 5.69 Å². The smallest absolute Gasteiger partial charge is 0.245 e. The first-order valence-corrected chi connectivity index (χ1v) is 13.2. The van der Waals surface area contributed by atoms with Gasteiger partial charge in [-0.05, 0) is 43.7 Å². The fourth-order valence-corrected chi connectivity index (χ4v) is 4.07. The second-order valence-corrected chi connectivity index (χ2v) is 11.1. The average molecular weight is 483 g/mol. The Labute approximate surface area is 212 Å². The topological polar surface area (TPSA) is 67.2 Å². The lowest BCUT2D eigenvalue weighted by Gasteiger charge is -2.27. The lowest BCUT2D eigenvalue weighted by atomic mass is 9.92. The summed E-state index contributed by atoms with van der Waals surface area (Å²) in [6, 6.07) is 9.95. The van der Waals surface area contributed by atoms with Gasteiger partial charge < -0.3 is 10.2 Å². The average Bonchev–Trinajstić information content (AvgIpc) is 3.21. The molecule has 35 heavy (non-hydrogen) atoms. The summed E-state index contributed by atoms with van der Waals surface area (Å²) in [5.41, 5.74) is 2.73. The number of aryl methyl sites for hydroxylation is 1. The number of rotatable bonds is 12. The normalized spacial score (nSPS) is 12.6. The number of hydrogen-bond acceptors (Lipinski definition) is 3. The van der Waals surface area contributed by atoms with Crippen molar-refractivity contribution in [3.05, 3.63) is 41.6 Å². The van der Waals surface area contributed by atoms with Crippen LogP contribution in [0.15, 0.2) is 30.3 Å². The summed E-state index contributed by atoms with van der Waals surface area (Å²) in [6.07, 6.45) is 4.64. The van der Waals surface area contributed by atoms with E-state index in [-0.39, 0.29) is 29.7 Å². The lowest BCUT2D eigenvalue weighted by Crippen LogP contribution is -2.42. The van der Waals surface area contributed by atoms with Crippen LogP contribution in [0.4, 0.5) is 5.82 Å². The van der Waals surface area contributed by atoms with Crippen LogP contribution < -0.4 is 5.32 Å². The minimum Gasteiger partial charge on any atom is -0.333 e. The molecule has 0 aliphatic heterocycles. The summed E-state index contributed by atoms with van der Waals surface area (Å²) in [5.74, 6) is 0.964. The molecule has 0 aliphatic rings. The number of hydrogen-bond donors (Lipinski definition) is 1. The van der Waals surface area contributed by atoms with E-state index in [1.54, 1.807) is 4.90 Å². The molecule has 6 nitrogen and oxygen atoms in total. The molecule has 6 heteroatoms. The molecule has 0 aliphatic carbocycles. The van der Waals surface area contributed by atoms with Gasteiger partial charge in [0.15, 0.2) is 0 Å². The molecule has 0 saturated heterocycles. The fraction of sp³-hybridized carbons (Fsp3) is 0.621. The Kier molecular flexibility index (Phi) is 10.5. The SMILES string of the molecule is CCCCC(CC)C(=O)N(CCC(C)C)CC(=O)Nc1cc(C(C)(C)C)nn1-c1ccccc1C. The number of benzene rings is 1. The maximum absolute atomic E-state index is 13.4. The van der Waals surface area contributed by atoms with E-state index in [1.165, 1.54) is 0 Å². The van der Waals surface area contributed by atoms with E-state index in [0.29, 0.717) is 18.3 Å². The molecule has 0 saturated carbocycles. The third kappa shape index (κ3) is 8.22. The highest BCUT2D eigenvalue weighted by Crippen LogP contribution is 2.27. The molecular formula is C29H46N4O2. The molecular weight excluding hydrogens is 436 g/mol. The van der Waals surface area contributed by atoms with E-state index in [4.69, 9.17) is 5.10 Å². The molecule has 1 heterocycles. The highest BCUT2D eigenvalue weighted by molar-refractivity contribution is 5.94. The van der Waals surface area contributed by atoms with Gasteiger partial charge in [-0.15, -0.1) is 0 Å². The van der Waals surface area contributed by atoms with Gasteiger partial charge in [0, 0.05) is 23.9 Å². The number of aromatic nitrogens is 2. The minimum absolute atomic E-state index is 0.0279. The van der Waals surface area contributed by atoms with Gasteiger partial charge >= 0.3 is 0 Å². The molecule has 2 aromatic rings. The van der Waals surface area contributed by atoms with Crippen LogP contribution in [-0.4, -0.2) is 39.6 Å². The Bertz CT molecular complexity index is 971. The van der Waals surface area contributed by atoms with Gasteiger partial charge in [0.25, 0.3) is 0 Å². The summed E-state index contributed by atoms with van der Waals surface area (Å²) in [6.45, 7) is 17.5. The third-order valence-corrected chi connectivity index (χ3v) is 6.46. The van der Waals surface area contributed by atoms with Crippen molar-refractivity contribution in [1.29, 1.82) is 0 Å². The summed E-state index contributed by atoms with van der Waals surface area (Å²) < 4.78 is 1.81. The molecule has 1 atom stereocenters. The predicted octanol–water partition coefficient (Wildman–Crippen LogP) is 6.51. The molecule has 1 aromatic heterocycles. The third-order valence-electron chi connectivity index (χ3n) is 6.46. The van der Waals surface area contributed by atoms with Gasteiger partial charge in [-0.1, -0.05) is 79.5 Å². The molecule has 1 aromatic carbocycles. The second-order valence-electron chi connectivity index (χ2n) is 11.1. The fourth-order valence-electron chi connectivity index (χ4n) is 4.07. The molecule has 0 bridgehead atoms. The van der Waals surface area contributed by atoms with Crippen molar-refractivity contribution < 1.29 is 9.59 Å². The van der Waals surface area contributed by atoms with Crippen LogP contribution in [0.2, 0.25) is 0 Å². The highest BCUT2D eigenvalue weighted by Gasteiger charge is 2.26. The Morgan fingerprint density at radius 2 is 1.80 bits per heavy atom. The van der Waals surface area contributed by atoms with Crippen molar-refractivity contribution in [2.24, 2.45) is 11.8 Å². The first-order chi connectivity index (χ1) is 16.5. The molecule has 2 amide bonds. The van der Waals surface area contributed by atoms with Crippen molar-refractivity contribution in [3.63, 3.8) is 0 Å². The zero-order chi connectivity index (χ0) is 26.2. The maximum Gasteiger partial charge on any atom is 0.245 e. The molecule has 2 rings (SSSR count). The molecule has 0 spiro atoms. The Morgan fingerprint density at radius 1 is 1.11 bits per heavy atom. The van der Waals surface area contributed by atoms with Crippen LogP contribution in [0.5, 0.6) is 0 Å². The number of unbranched alkanes of at least 4 members (excludes halogenated alkanes) is 1. The first-order valence-electron chi connectivity index (χ1n) is 13.2. The quantitative estimate of drug-likeness (QED) is 0.375. The Morgan fingerprint density at radius 3 is 2.37 bits per heavy atom. The lowest BCUT2D eigenvalue weighted by molar-refractivity contribution is -0.139. The molecule has 0 radical (unpaired) electrons. The van der Waals surface area contributed by atoms with Crippen LogP contribution in [0.3, 0.4) is 0 Å². The van der Waals surface area contributed by atoms with Gasteiger partial charge in [0.2, 0.25) is 11.8 Å². The van der Waals surface area contributed by atoms with Crippen LogP contribution in [0, 0.1) is 18.8 Å². The van der Waals surface area contributed by atoms with Crippen LogP contribution >= 0.6 is 0 Å². The number of nitrogens with one attached hydrogen (secondary N) is 1. The molecule has 194 valence electrons. The number of carbonyl (C=O) groups excluding carboxylic acids is 2. The van der Waals surface area contributed by atoms with E-state index in [1.807, 2.05) is 41.9 Å². The van der Waals surface area contributed by atoms with Crippen LogP contribution in [0.25, 0.3) is 5.69 Å². The monoisotopic (exact) mass is 482 g/mol. The van der Waals surface area contributed by atoms with E-state index in [2.05, 4.69) is 53.8 Å². The molecule has 1 unspecified atom stereocenters. The zero-order valence-electron chi connectivity index (χ0n) is 23.1. The number of nitrogens with zero attached hydrogens (tertiary/aromatic N) is 3. The van der Waals surface area contributed by atoms with Crippen LogP contribution in [-0.2, 0) is 15.0 Å². The van der Waals surface area contributed by atoms with Gasteiger partial charge in [-0.3, -0.25) is 9.59 Å². The summed E-state index contributed by atoms with van der Waals surface area (Å²) in [7, 11) is 0. The summed E-state index contributed by atoms with van der Waals surface area (Å²) in [4.78, 5) is 28.4. The Hall–Kier alpha value is -2.63. The van der Waals surface area contributed by atoms with Crippen LogP contribution in [0.1, 0.15) is 91.8 Å². The second kappa shape index (κ2) is 12.9. The molecule has 0 fully saturated rings. The number of anilines is 1.